The van der Waals surface area contributed by atoms with Crippen molar-refractivity contribution < 1.29 is 0 Å². The Balaban J connectivity index is 4.59. The van der Waals surface area contributed by atoms with Crippen LogP contribution in [0.3, 0.4) is 0 Å². The molecule has 65 heavy (non-hydrogen) atoms. The van der Waals surface area contributed by atoms with Gasteiger partial charge in [-0.25, -0.2) is 0 Å². The molecule has 0 aliphatic carbocycles. The van der Waals surface area contributed by atoms with E-state index in [0.29, 0.717) is 0 Å². The van der Waals surface area contributed by atoms with Gasteiger partial charge in [-0.15, -0.1) is 0 Å². The molecule has 0 bridgehead atoms. The van der Waals surface area contributed by atoms with E-state index >= 15 is 0 Å². The lowest BCUT2D eigenvalue weighted by molar-refractivity contribution is 1.55. The van der Waals surface area contributed by atoms with Gasteiger partial charge < -0.3 is 0 Å². The van der Waals surface area contributed by atoms with Gasteiger partial charge in [0.1, 0.15) is 0 Å². The highest BCUT2D eigenvalue weighted by Gasteiger charge is 1.63. The Hall–Kier alpha value is -14.2. The average molecular weight is 786 g/mol. The molecule has 0 saturated heterocycles. The van der Waals surface area contributed by atoms with Gasteiger partial charge in [0.05, 0.1) is 0 Å². The molecule has 0 atom stereocenters. The number of hydrogen-bond donors (Lipinski definition) is 0. The first kappa shape index (κ1) is 50.8. The van der Waals surface area contributed by atoms with Crippen LogP contribution in [0.1, 0.15) is 6.92 Å². The highest BCUT2D eigenvalue weighted by atomic mass is 14.2. The van der Waals surface area contributed by atoms with Crippen LogP contribution >= 0.6 is 0 Å². The van der Waals surface area contributed by atoms with E-state index in [1.165, 1.54) is 0 Å². The van der Waals surface area contributed by atoms with Gasteiger partial charge in [-0.2, -0.15) is 5.26 Å². The van der Waals surface area contributed by atoms with Crippen molar-refractivity contribution in [2.75, 3.05) is 0 Å². The first-order valence-corrected chi connectivity index (χ1v) is 16.2. The minimum atomic E-state index is 1.63. The molecule has 0 rings (SSSR count). The monoisotopic (exact) mass is 785 g/mol. The van der Waals surface area contributed by atoms with Crippen LogP contribution in [0, 0.1) is 378 Å². The second kappa shape index (κ2) is 49.8. The largest absolute Gasteiger partial charge is 0.183 e. The molecule has 0 aromatic heterocycles. The van der Waals surface area contributed by atoms with E-state index < -0.39 is 0 Å². The van der Waals surface area contributed by atoms with E-state index in [2.05, 4.69) is 367 Å². The zero-order valence-corrected chi connectivity index (χ0v) is 32.9. The molecule has 1 heteroatoms. The van der Waals surface area contributed by atoms with E-state index in [9.17, 15) is 0 Å². The first-order chi connectivity index (χ1) is 32.4. The summed E-state index contributed by atoms with van der Waals surface area (Å²) in [4.78, 5) is 0. The second-order valence-electron chi connectivity index (χ2n) is 7.99. The fraction of sp³-hybridized carbons (Fsp3) is 0.0156. The Labute approximate surface area is 383 Å². The Bertz CT molecular complexity index is 4200. The SMILES string of the molecule is CC#CC#CC#CC#CC#CC#CC#CC#CC#CC#CC#CC#CC#CC#CC#CC#CC#CC#CC#CC#CC#CC#CC#CC#CC#CC#CC#CC#CC#CC#CC#CC#N. The topological polar surface area (TPSA) is 23.8 Å². The van der Waals surface area contributed by atoms with Crippen LogP contribution < -0.4 is 0 Å². The van der Waals surface area contributed by atoms with Gasteiger partial charge in [0.25, 0.3) is 0 Å². The Kier molecular flexibility index (Phi) is 39.0. The zero-order valence-electron chi connectivity index (χ0n) is 32.9. The molecule has 0 spiro atoms. The van der Waals surface area contributed by atoms with Gasteiger partial charge >= 0.3 is 0 Å². The predicted octanol–water partition coefficient (Wildman–Crippen LogP) is 0.635. The number of rotatable bonds is 0. The van der Waals surface area contributed by atoms with E-state index in [0.717, 1.165) is 0 Å². The fourth-order valence-electron chi connectivity index (χ4n) is 1.93. The molecule has 1 nitrogen and oxygen atoms in total. The third-order valence-corrected chi connectivity index (χ3v) is 3.93. The number of hydrogen-bond acceptors (Lipinski definition) is 1. The highest BCUT2D eigenvalue weighted by Crippen LogP contribution is 1.64. The minimum Gasteiger partial charge on any atom is -0.183 e. The van der Waals surface area contributed by atoms with E-state index in [1.54, 1.807) is 13.0 Å². The van der Waals surface area contributed by atoms with Crippen LogP contribution in [0.2, 0.25) is 0 Å². The van der Waals surface area contributed by atoms with Crippen LogP contribution in [0.25, 0.3) is 0 Å². The second-order valence-corrected chi connectivity index (χ2v) is 7.99. The Morgan fingerprint density at radius 3 is 0.277 bits per heavy atom. The average Bonchev–Trinajstić information content (AvgIpc) is 3.32. The number of nitriles is 1. The van der Waals surface area contributed by atoms with Crippen LogP contribution in [0.15, 0.2) is 0 Å². The summed E-state index contributed by atoms with van der Waals surface area (Å²) in [6.07, 6.45) is 0. The minimum absolute atomic E-state index is 1.63. The maximum atomic E-state index is 8.20. The molecule has 0 aromatic carbocycles. The summed E-state index contributed by atoms with van der Waals surface area (Å²) in [7, 11) is 0. The van der Waals surface area contributed by atoms with Gasteiger partial charge in [-0.1, -0.05) is 5.92 Å². The Morgan fingerprint density at radius 1 is 0.123 bits per heavy atom. The maximum Gasteiger partial charge on any atom is 0.153 e. The molecular formula is C64H3N. The summed E-state index contributed by atoms with van der Waals surface area (Å²) in [5.41, 5.74) is 0. The number of nitrogens with zero attached hydrogens (tertiary/aromatic N) is 1. The van der Waals surface area contributed by atoms with Gasteiger partial charge in [0.2, 0.25) is 0 Å². The molecule has 0 amide bonds. The van der Waals surface area contributed by atoms with Crippen molar-refractivity contribution in [2.45, 2.75) is 6.92 Å². The molecule has 0 saturated carbocycles. The maximum absolute atomic E-state index is 8.20. The molecule has 0 fully saturated rings. The molecule has 0 aliphatic rings. The highest BCUT2D eigenvalue weighted by molar-refractivity contribution is 5.52. The predicted molar refractivity (Wildman–Crippen MR) is 252 cm³/mol. The molecule has 264 valence electrons. The van der Waals surface area contributed by atoms with Crippen LogP contribution in [0.4, 0.5) is 0 Å². The summed E-state index contributed by atoms with van der Waals surface area (Å²) in [5.74, 6) is 154. The Morgan fingerprint density at radius 2 is 0.200 bits per heavy atom. The fourth-order valence-corrected chi connectivity index (χ4v) is 1.93. The lowest BCUT2D eigenvalue weighted by Gasteiger charge is -1.57. The normalized spacial score (nSPS) is 3.94. The van der Waals surface area contributed by atoms with Gasteiger partial charge in [-0.05, 0) is 54.3 Å². The summed E-state index contributed by atoms with van der Waals surface area (Å²) in [6, 6.07) is 1.63. The molecule has 0 aliphatic heterocycles. The standard InChI is InChI=1S/C64H3N/c1-2-3-4-5-6-7-8-9-10-11-12-13-14-15-16-17-18-19-20-21-22-23-24-25-26-27-28-29-30-31-32-33-34-35-36-37-38-39-40-41-42-43-44-45-46-47-48-49-50-51-52-53-54-55-56-57-58-59-60-61-62-63-64-65/h1H3. The van der Waals surface area contributed by atoms with Gasteiger partial charge in [0.15, 0.2) is 6.07 Å². The van der Waals surface area contributed by atoms with Crippen molar-refractivity contribution in [3.8, 4) is 373 Å². The summed E-state index contributed by atoms with van der Waals surface area (Å²) in [5, 5.41) is 8.20. The van der Waals surface area contributed by atoms with E-state index in [4.69, 9.17) is 5.26 Å². The first-order valence-electron chi connectivity index (χ1n) is 16.2. The summed E-state index contributed by atoms with van der Waals surface area (Å²) >= 11 is 0. The third-order valence-electron chi connectivity index (χ3n) is 3.93. The molecule has 0 radical (unpaired) electrons. The van der Waals surface area contributed by atoms with Crippen molar-refractivity contribution in [2.24, 2.45) is 0 Å². The molecule has 0 N–H and O–H groups in total. The van der Waals surface area contributed by atoms with Crippen molar-refractivity contribution >= 4 is 0 Å². The lowest BCUT2D eigenvalue weighted by atomic mass is 10.4. The van der Waals surface area contributed by atoms with Crippen LogP contribution in [-0.4, -0.2) is 0 Å². The molecule has 0 heterocycles. The van der Waals surface area contributed by atoms with Crippen molar-refractivity contribution in [1.82, 2.24) is 0 Å². The third kappa shape index (κ3) is 49.8. The van der Waals surface area contributed by atoms with E-state index in [1.807, 2.05) is 0 Å². The molecular weight excluding hydrogens is 783 g/mol. The summed E-state index contributed by atoms with van der Waals surface area (Å²) in [6.45, 7) is 1.68. The van der Waals surface area contributed by atoms with Crippen molar-refractivity contribution in [3.05, 3.63) is 0 Å². The molecule has 0 aromatic rings. The zero-order chi connectivity index (χ0) is 46.5. The lowest BCUT2D eigenvalue weighted by Crippen LogP contribution is -1.57. The van der Waals surface area contributed by atoms with Crippen molar-refractivity contribution in [1.29, 1.82) is 5.26 Å². The quantitative estimate of drug-likeness (QED) is 0.332. The molecule has 0 unspecified atom stereocenters. The van der Waals surface area contributed by atoms with E-state index in [-0.39, 0.29) is 0 Å². The van der Waals surface area contributed by atoms with Crippen LogP contribution in [0.5, 0.6) is 0 Å². The van der Waals surface area contributed by atoms with Gasteiger partial charge in [0, 0.05) is 314 Å². The smallest absolute Gasteiger partial charge is 0.153 e. The van der Waals surface area contributed by atoms with Gasteiger partial charge in [-0.3, -0.25) is 0 Å². The summed E-state index contributed by atoms with van der Waals surface area (Å²) < 4.78 is 0. The van der Waals surface area contributed by atoms with Crippen LogP contribution in [-0.2, 0) is 0 Å². The van der Waals surface area contributed by atoms with Crippen molar-refractivity contribution in [3.63, 3.8) is 0 Å².